The molecule has 0 bridgehead atoms. The maximum absolute atomic E-state index is 13.1. The Bertz CT molecular complexity index is 913. The van der Waals surface area contributed by atoms with Crippen LogP contribution in [0.4, 0.5) is 5.69 Å². The molecule has 0 aliphatic carbocycles. The summed E-state index contributed by atoms with van der Waals surface area (Å²) in [5.41, 5.74) is 0.261. The van der Waals surface area contributed by atoms with Gasteiger partial charge in [-0.3, -0.25) is 9.10 Å². The van der Waals surface area contributed by atoms with Gasteiger partial charge in [-0.2, -0.15) is 0 Å². The van der Waals surface area contributed by atoms with Gasteiger partial charge in [0.05, 0.1) is 17.2 Å². The maximum atomic E-state index is 13.1. The van der Waals surface area contributed by atoms with E-state index < -0.39 is 22.5 Å². The van der Waals surface area contributed by atoms with Gasteiger partial charge in [0.1, 0.15) is 6.54 Å². The minimum absolute atomic E-state index is 0.00358. The summed E-state index contributed by atoms with van der Waals surface area (Å²) in [5, 5.41) is 0.406. The van der Waals surface area contributed by atoms with Crippen LogP contribution in [-0.2, 0) is 19.6 Å². The molecule has 2 aromatic rings. The number of sulfonamides is 1. The van der Waals surface area contributed by atoms with Gasteiger partial charge in [0.2, 0.25) is 6.79 Å². The number of halogens is 1. The third kappa shape index (κ3) is 3.71. The number of hydrogen-bond acceptors (Lipinski definition) is 6. The monoisotopic (exact) mass is 397 g/mol. The fourth-order valence-corrected chi connectivity index (χ4v) is 3.94. The number of benzene rings is 2. The molecule has 0 saturated heterocycles. The van der Waals surface area contributed by atoms with Crippen LogP contribution in [0.1, 0.15) is 6.92 Å². The highest BCUT2D eigenvalue weighted by Gasteiger charge is 2.29. The van der Waals surface area contributed by atoms with E-state index in [1.54, 1.807) is 19.1 Å². The first-order chi connectivity index (χ1) is 12.4. The number of nitrogens with zero attached hydrogens (tertiary/aromatic N) is 1. The molecule has 0 unspecified atom stereocenters. The molecular formula is C17H16ClNO6S. The predicted molar refractivity (Wildman–Crippen MR) is 95.2 cm³/mol. The van der Waals surface area contributed by atoms with Crippen LogP contribution in [0, 0.1) is 0 Å². The Balaban J connectivity index is 2.02. The first-order valence-corrected chi connectivity index (χ1v) is 9.57. The van der Waals surface area contributed by atoms with E-state index in [-0.39, 0.29) is 24.0 Å². The highest BCUT2D eigenvalue weighted by molar-refractivity contribution is 7.92. The summed E-state index contributed by atoms with van der Waals surface area (Å²) in [5.74, 6) is 0.249. The van der Waals surface area contributed by atoms with Crippen LogP contribution in [-0.4, -0.2) is 34.3 Å². The highest BCUT2D eigenvalue weighted by Crippen LogP contribution is 2.37. The largest absolute Gasteiger partial charge is 0.465 e. The van der Waals surface area contributed by atoms with Crippen LogP contribution in [0.3, 0.4) is 0 Å². The first kappa shape index (κ1) is 18.3. The fourth-order valence-electron chi connectivity index (χ4n) is 2.41. The molecule has 7 nitrogen and oxygen atoms in total. The Morgan fingerprint density at radius 2 is 1.85 bits per heavy atom. The molecule has 1 aliphatic heterocycles. The summed E-state index contributed by atoms with van der Waals surface area (Å²) in [7, 11) is -4.02. The van der Waals surface area contributed by atoms with Crippen LogP contribution >= 0.6 is 11.6 Å². The molecule has 1 aliphatic rings. The quantitative estimate of drug-likeness (QED) is 0.697. The van der Waals surface area contributed by atoms with E-state index in [4.69, 9.17) is 25.8 Å². The van der Waals surface area contributed by atoms with Gasteiger partial charge in [-0.1, -0.05) is 11.6 Å². The molecule has 2 aromatic carbocycles. The average molecular weight is 398 g/mol. The second kappa shape index (κ2) is 7.43. The first-order valence-electron chi connectivity index (χ1n) is 7.75. The molecule has 0 saturated carbocycles. The number of hydrogen-bond donors (Lipinski definition) is 0. The summed E-state index contributed by atoms with van der Waals surface area (Å²) < 4.78 is 42.6. The van der Waals surface area contributed by atoms with Crippen molar-refractivity contribution in [3.63, 3.8) is 0 Å². The van der Waals surface area contributed by atoms with Gasteiger partial charge < -0.3 is 14.2 Å². The second-order valence-electron chi connectivity index (χ2n) is 5.31. The van der Waals surface area contributed by atoms with E-state index in [0.29, 0.717) is 16.5 Å². The topological polar surface area (TPSA) is 82.1 Å². The van der Waals surface area contributed by atoms with Gasteiger partial charge in [-0.05, 0) is 43.3 Å². The highest BCUT2D eigenvalue weighted by atomic mass is 35.5. The Morgan fingerprint density at radius 3 is 2.54 bits per heavy atom. The van der Waals surface area contributed by atoms with Crippen molar-refractivity contribution in [2.24, 2.45) is 0 Å². The number of esters is 1. The SMILES string of the molecule is CCOC(=O)CN(c1ccc2c(c1)OCO2)S(=O)(=O)c1ccc(Cl)cc1. The molecule has 26 heavy (non-hydrogen) atoms. The molecular weight excluding hydrogens is 382 g/mol. The maximum Gasteiger partial charge on any atom is 0.326 e. The molecule has 9 heteroatoms. The molecule has 138 valence electrons. The molecule has 0 spiro atoms. The minimum Gasteiger partial charge on any atom is -0.465 e. The van der Waals surface area contributed by atoms with Crippen molar-refractivity contribution < 1.29 is 27.4 Å². The summed E-state index contributed by atoms with van der Waals surface area (Å²) in [6, 6.07) is 10.3. The van der Waals surface area contributed by atoms with E-state index in [9.17, 15) is 13.2 Å². The fraction of sp³-hybridized carbons (Fsp3) is 0.235. The van der Waals surface area contributed by atoms with Crippen LogP contribution < -0.4 is 13.8 Å². The van der Waals surface area contributed by atoms with Crippen molar-refractivity contribution in [1.82, 2.24) is 0 Å². The lowest BCUT2D eigenvalue weighted by molar-refractivity contribution is -0.141. The van der Waals surface area contributed by atoms with Crippen molar-refractivity contribution in [2.75, 3.05) is 24.2 Å². The lowest BCUT2D eigenvalue weighted by Gasteiger charge is -2.23. The molecule has 0 amide bonds. The predicted octanol–water partition coefficient (Wildman–Crippen LogP) is 2.83. The van der Waals surface area contributed by atoms with Gasteiger partial charge in [-0.25, -0.2) is 8.42 Å². The molecule has 3 rings (SSSR count). The molecule has 1 heterocycles. The van der Waals surface area contributed by atoms with Crippen LogP contribution in [0.5, 0.6) is 11.5 Å². The molecule has 0 N–H and O–H groups in total. The second-order valence-corrected chi connectivity index (χ2v) is 7.61. The Kier molecular flexibility index (Phi) is 5.24. The zero-order chi connectivity index (χ0) is 18.7. The van der Waals surface area contributed by atoms with Crippen LogP contribution in [0.2, 0.25) is 5.02 Å². The average Bonchev–Trinajstić information content (AvgIpc) is 3.08. The van der Waals surface area contributed by atoms with Crippen molar-refractivity contribution in [3.05, 3.63) is 47.5 Å². The van der Waals surface area contributed by atoms with Gasteiger partial charge in [0, 0.05) is 11.1 Å². The third-order valence-corrected chi connectivity index (χ3v) is 5.66. The Morgan fingerprint density at radius 1 is 1.15 bits per heavy atom. The number of fused-ring (bicyclic) bond motifs is 1. The van der Waals surface area contributed by atoms with Crippen LogP contribution in [0.15, 0.2) is 47.4 Å². The van der Waals surface area contributed by atoms with E-state index in [1.165, 1.54) is 30.3 Å². The van der Waals surface area contributed by atoms with E-state index >= 15 is 0 Å². The summed E-state index contributed by atoms with van der Waals surface area (Å²) in [4.78, 5) is 12.0. The van der Waals surface area contributed by atoms with Crippen molar-refractivity contribution in [2.45, 2.75) is 11.8 Å². The molecule has 0 radical (unpaired) electrons. The number of rotatable bonds is 6. The summed E-state index contributed by atoms with van der Waals surface area (Å²) >= 11 is 5.83. The Labute approximate surface area is 156 Å². The van der Waals surface area contributed by atoms with E-state index in [1.807, 2.05) is 0 Å². The van der Waals surface area contributed by atoms with Crippen molar-refractivity contribution in [3.8, 4) is 11.5 Å². The van der Waals surface area contributed by atoms with Crippen LogP contribution in [0.25, 0.3) is 0 Å². The minimum atomic E-state index is -4.02. The van der Waals surface area contributed by atoms with Crippen molar-refractivity contribution in [1.29, 1.82) is 0 Å². The normalized spacial score (nSPS) is 12.7. The number of carbonyl (C=O) groups excluding carboxylic acids is 1. The van der Waals surface area contributed by atoms with Gasteiger partial charge in [0.25, 0.3) is 10.0 Å². The lowest BCUT2D eigenvalue weighted by atomic mass is 10.3. The van der Waals surface area contributed by atoms with E-state index in [0.717, 1.165) is 4.31 Å². The van der Waals surface area contributed by atoms with E-state index in [2.05, 4.69) is 0 Å². The molecule has 0 fully saturated rings. The van der Waals surface area contributed by atoms with Gasteiger partial charge in [-0.15, -0.1) is 0 Å². The third-order valence-electron chi connectivity index (χ3n) is 3.62. The lowest BCUT2D eigenvalue weighted by Crippen LogP contribution is -2.36. The Hall–Kier alpha value is -2.45. The summed E-state index contributed by atoms with van der Waals surface area (Å²) in [6.07, 6.45) is 0. The van der Waals surface area contributed by atoms with Gasteiger partial charge >= 0.3 is 5.97 Å². The number of carbonyl (C=O) groups is 1. The standard InChI is InChI=1S/C17H16ClNO6S/c1-2-23-17(20)10-19(13-5-8-15-16(9-13)25-11-24-15)26(21,22)14-6-3-12(18)4-7-14/h3-9H,2,10-11H2,1H3. The molecule has 0 atom stereocenters. The number of ether oxygens (including phenoxy) is 3. The molecule has 0 aromatic heterocycles. The zero-order valence-corrected chi connectivity index (χ0v) is 15.4. The number of anilines is 1. The zero-order valence-electron chi connectivity index (χ0n) is 13.8. The smallest absolute Gasteiger partial charge is 0.326 e. The summed E-state index contributed by atoms with van der Waals surface area (Å²) in [6.45, 7) is 1.38. The van der Waals surface area contributed by atoms with Crippen molar-refractivity contribution >= 4 is 33.3 Å². The van der Waals surface area contributed by atoms with Gasteiger partial charge in [0.15, 0.2) is 11.5 Å².